The predicted octanol–water partition coefficient (Wildman–Crippen LogP) is 4.52. The molecule has 12 heteroatoms. The Morgan fingerprint density at radius 1 is 1.11 bits per heavy atom. The van der Waals surface area contributed by atoms with E-state index < -0.39 is 23.1 Å². The maximum absolute atomic E-state index is 14.5. The van der Waals surface area contributed by atoms with Crippen LogP contribution in [0.4, 0.5) is 30.8 Å². The summed E-state index contributed by atoms with van der Waals surface area (Å²) in [7, 11) is 0. The third-order valence-electron chi connectivity index (χ3n) is 7.38. The summed E-state index contributed by atoms with van der Waals surface area (Å²) in [4.78, 5) is 28.4. The zero-order valence-corrected chi connectivity index (χ0v) is 21.4. The number of halogens is 3. The molecule has 1 saturated carbocycles. The monoisotopic (exact) mass is 531 g/mol. The summed E-state index contributed by atoms with van der Waals surface area (Å²) in [5, 5.41) is 15.5. The van der Waals surface area contributed by atoms with E-state index in [0.717, 1.165) is 12.8 Å². The fourth-order valence-electron chi connectivity index (χ4n) is 5.56. The molecule has 2 aliphatic rings. The number of carbonyl (C=O) groups is 1. The first-order valence-electron chi connectivity index (χ1n) is 13.1. The number of nitrogens with zero attached hydrogens (tertiary/aromatic N) is 5. The quantitative estimate of drug-likeness (QED) is 0.411. The van der Waals surface area contributed by atoms with Crippen LogP contribution in [0.2, 0.25) is 0 Å². The third kappa shape index (κ3) is 5.13. The minimum absolute atomic E-state index is 0.0277. The van der Waals surface area contributed by atoms with Gasteiger partial charge >= 0.3 is 0 Å². The van der Waals surface area contributed by atoms with Crippen molar-refractivity contribution in [2.75, 3.05) is 23.8 Å². The predicted molar refractivity (Wildman–Crippen MR) is 136 cm³/mol. The van der Waals surface area contributed by atoms with Crippen LogP contribution in [0.15, 0.2) is 18.3 Å². The van der Waals surface area contributed by atoms with Gasteiger partial charge in [-0.3, -0.25) is 9.36 Å². The second-order valence-corrected chi connectivity index (χ2v) is 10.4. The molecule has 0 unspecified atom stereocenters. The van der Waals surface area contributed by atoms with E-state index in [2.05, 4.69) is 25.6 Å². The molecule has 2 aromatic heterocycles. The summed E-state index contributed by atoms with van der Waals surface area (Å²) in [6.45, 7) is 4.55. The summed E-state index contributed by atoms with van der Waals surface area (Å²) in [5.74, 6) is -2.68. The van der Waals surface area contributed by atoms with Crippen molar-refractivity contribution in [2.24, 2.45) is 5.92 Å². The van der Waals surface area contributed by atoms with Crippen LogP contribution in [0.25, 0.3) is 11.2 Å². The topological polar surface area (TPSA) is 108 Å². The molecule has 9 nitrogen and oxygen atoms in total. The number of fused-ring (bicyclic) bond motifs is 1. The highest BCUT2D eigenvalue weighted by Gasteiger charge is 2.36. The fraction of sp³-hybridized carbons (Fsp3) is 0.538. The molecule has 3 N–H and O–H groups in total. The Morgan fingerprint density at radius 2 is 1.82 bits per heavy atom. The van der Waals surface area contributed by atoms with Crippen molar-refractivity contribution >= 4 is 34.7 Å². The van der Waals surface area contributed by atoms with E-state index >= 15 is 0 Å². The average molecular weight is 532 g/mol. The first-order chi connectivity index (χ1) is 18.2. The van der Waals surface area contributed by atoms with Crippen LogP contribution >= 0.6 is 0 Å². The molecule has 1 aliphatic heterocycles. The molecule has 1 aromatic carbocycles. The second-order valence-electron chi connectivity index (χ2n) is 10.4. The smallest absolute Gasteiger partial charge is 0.226 e. The van der Waals surface area contributed by atoms with Gasteiger partial charge in [0, 0.05) is 36.7 Å². The lowest BCUT2D eigenvalue weighted by Gasteiger charge is -2.33. The Bertz CT molecular complexity index is 1300. The molecule has 1 aliphatic carbocycles. The zero-order valence-electron chi connectivity index (χ0n) is 21.4. The second kappa shape index (κ2) is 10.8. The van der Waals surface area contributed by atoms with Crippen molar-refractivity contribution in [2.45, 2.75) is 70.5 Å². The van der Waals surface area contributed by atoms with E-state index in [9.17, 15) is 23.1 Å². The summed E-state index contributed by atoms with van der Waals surface area (Å²) in [6, 6.07) is 1.04. The zero-order chi connectivity index (χ0) is 27.0. The lowest BCUT2D eigenvalue weighted by Crippen LogP contribution is -2.42. The van der Waals surface area contributed by atoms with Crippen LogP contribution < -0.4 is 10.6 Å². The van der Waals surface area contributed by atoms with Crippen molar-refractivity contribution in [1.82, 2.24) is 24.4 Å². The Labute approximate surface area is 218 Å². The van der Waals surface area contributed by atoms with Gasteiger partial charge in [-0.2, -0.15) is 4.98 Å². The molecule has 3 aromatic rings. The number of imidazole rings is 1. The number of aliphatic hydroxyl groups excluding tert-OH is 1. The van der Waals surface area contributed by atoms with Gasteiger partial charge in [0.05, 0.1) is 18.8 Å². The van der Waals surface area contributed by atoms with E-state index in [1.807, 2.05) is 18.7 Å². The van der Waals surface area contributed by atoms with E-state index in [1.54, 1.807) is 10.8 Å². The summed E-state index contributed by atoms with van der Waals surface area (Å²) < 4.78 is 44.3. The van der Waals surface area contributed by atoms with E-state index in [-0.39, 0.29) is 42.5 Å². The van der Waals surface area contributed by atoms with Gasteiger partial charge in [0.25, 0.3) is 0 Å². The van der Waals surface area contributed by atoms with Gasteiger partial charge in [-0.05, 0) is 52.4 Å². The Hall–Kier alpha value is -3.41. The van der Waals surface area contributed by atoms with Crippen molar-refractivity contribution in [3.05, 3.63) is 35.8 Å². The normalized spacial score (nSPS) is 21.9. The molecule has 0 spiro atoms. The largest absolute Gasteiger partial charge is 0.394 e. The SMILES string of the molecule is CC(C)Nc1ncc2nc(Nc3c(F)cc(F)cc3F)n([C@H]3CC[C@@H](C(=O)N4CCC[C@H]4CO)CC3)c2n1. The van der Waals surface area contributed by atoms with Gasteiger partial charge in [0.1, 0.15) is 17.0 Å². The van der Waals surface area contributed by atoms with Crippen LogP contribution in [-0.2, 0) is 4.79 Å². The van der Waals surface area contributed by atoms with Gasteiger partial charge in [-0.25, -0.2) is 23.1 Å². The maximum atomic E-state index is 14.5. The minimum Gasteiger partial charge on any atom is -0.394 e. The summed E-state index contributed by atoms with van der Waals surface area (Å²) >= 11 is 0. The molecule has 3 heterocycles. The lowest BCUT2D eigenvalue weighted by molar-refractivity contribution is -0.138. The van der Waals surface area contributed by atoms with Gasteiger partial charge < -0.3 is 20.6 Å². The molecule has 5 rings (SSSR count). The Balaban J connectivity index is 1.45. The van der Waals surface area contributed by atoms with Crippen LogP contribution in [0.1, 0.15) is 58.4 Å². The molecule has 0 radical (unpaired) electrons. The number of likely N-dealkylation sites (tertiary alicyclic amines) is 1. The van der Waals surface area contributed by atoms with Crippen molar-refractivity contribution < 1.29 is 23.1 Å². The molecule has 0 bridgehead atoms. The van der Waals surface area contributed by atoms with Crippen molar-refractivity contribution in [3.8, 4) is 0 Å². The molecule has 38 heavy (non-hydrogen) atoms. The number of carbonyl (C=O) groups excluding carboxylic acids is 1. The number of aliphatic hydroxyl groups is 1. The number of benzene rings is 1. The standard InChI is InChI=1S/C26H32F3N7O2/c1-14(2)31-25-30-12-21-23(34-25)36(26(32-21)33-22-19(28)10-16(27)11-20(22)29)17-7-5-15(6-8-17)24(38)35-9-3-4-18(35)13-37/h10-12,14-15,17-18,37H,3-9,13H2,1-2H3,(H,32,33)(H,30,31,34)/t15-,17+,18-/m0/s1. The Kier molecular flexibility index (Phi) is 7.42. The molecule has 2 fully saturated rings. The van der Waals surface area contributed by atoms with Gasteiger partial charge in [-0.15, -0.1) is 0 Å². The number of rotatable bonds is 7. The maximum Gasteiger partial charge on any atom is 0.226 e. The van der Waals surface area contributed by atoms with Gasteiger partial charge in [0.15, 0.2) is 17.3 Å². The van der Waals surface area contributed by atoms with E-state index in [0.29, 0.717) is 61.5 Å². The number of anilines is 3. The summed E-state index contributed by atoms with van der Waals surface area (Å²) in [5.41, 5.74) is 0.415. The first kappa shape index (κ1) is 26.2. The highest BCUT2D eigenvalue weighted by Crippen LogP contribution is 2.39. The number of hydrogen-bond donors (Lipinski definition) is 3. The van der Waals surface area contributed by atoms with Crippen molar-refractivity contribution in [3.63, 3.8) is 0 Å². The van der Waals surface area contributed by atoms with Gasteiger partial charge in [0.2, 0.25) is 17.8 Å². The third-order valence-corrected chi connectivity index (χ3v) is 7.38. The molecule has 204 valence electrons. The van der Waals surface area contributed by atoms with E-state index in [4.69, 9.17) is 0 Å². The Morgan fingerprint density at radius 3 is 2.47 bits per heavy atom. The minimum atomic E-state index is -1.08. The fourth-order valence-corrected chi connectivity index (χ4v) is 5.56. The van der Waals surface area contributed by atoms with Crippen LogP contribution in [0.3, 0.4) is 0 Å². The number of hydrogen-bond acceptors (Lipinski definition) is 7. The van der Waals surface area contributed by atoms with Crippen LogP contribution in [0.5, 0.6) is 0 Å². The highest BCUT2D eigenvalue weighted by molar-refractivity contribution is 5.80. The highest BCUT2D eigenvalue weighted by atomic mass is 19.1. The number of aromatic nitrogens is 4. The molecular formula is C26H32F3N7O2. The number of nitrogens with one attached hydrogen (secondary N) is 2. The molecular weight excluding hydrogens is 499 g/mol. The molecule has 1 atom stereocenters. The van der Waals surface area contributed by atoms with Gasteiger partial charge in [-0.1, -0.05) is 0 Å². The average Bonchev–Trinajstić information content (AvgIpc) is 3.49. The molecule has 1 amide bonds. The van der Waals surface area contributed by atoms with Crippen LogP contribution in [-0.4, -0.2) is 60.7 Å². The summed E-state index contributed by atoms with van der Waals surface area (Å²) in [6.07, 6.45) is 5.75. The number of amides is 1. The lowest BCUT2D eigenvalue weighted by atomic mass is 9.85. The molecule has 1 saturated heterocycles. The van der Waals surface area contributed by atoms with Crippen molar-refractivity contribution in [1.29, 1.82) is 0 Å². The van der Waals surface area contributed by atoms with E-state index in [1.165, 1.54) is 0 Å². The first-order valence-corrected chi connectivity index (χ1v) is 13.1. The van der Waals surface area contributed by atoms with Crippen LogP contribution in [0, 0.1) is 23.4 Å².